The van der Waals surface area contributed by atoms with Crippen molar-refractivity contribution in [3.63, 3.8) is 0 Å². The van der Waals surface area contributed by atoms with Gasteiger partial charge in [-0.05, 0) is 24.0 Å². The first-order chi connectivity index (χ1) is 10.3. The van der Waals surface area contributed by atoms with Gasteiger partial charge in [0.2, 0.25) is 0 Å². The minimum absolute atomic E-state index is 0. The SMILES string of the molecule is CCN(CC)P(C1=CCCc2ccccc21)N(CC)CC.[B]. The molecular weight excluding hydrogens is 286 g/mol. The Morgan fingerprint density at radius 3 is 2.00 bits per heavy atom. The van der Waals surface area contributed by atoms with Gasteiger partial charge in [-0.3, -0.25) is 9.34 Å². The van der Waals surface area contributed by atoms with Crippen molar-refractivity contribution in [3.05, 3.63) is 41.5 Å². The number of allylic oxidation sites excluding steroid dienone is 1. The Labute approximate surface area is 140 Å². The summed E-state index contributed by atoms with van der Waals surface area (Å²) in [5.74, 6) is 0. The Balaban J connectivity index is 0.00000242. The Kier molecular flexibility index (Phi) is 8.39. The van der Waals surface area contributed by atoms with E-state index in [1.54, 1.807) is 5.31 Å². The summed E-state index contributed by atoms with van der Waals surface area (Å²) in [4.78, 5) is 0. The molecule has 22 heavy (non-hydrogen) atoms. The first-order valence-corrected chi connectivity index (χ1v) is 9.59. The van der Waals surface area contributed by atoms with E-state index >= 15 is 0 Å². The van der Waals surface area contributed by atoms with Gasteiger partial charge >= 0.3 is 0 Å². The molecule has 0 heterocycles. The summed E-state index contributed by atoms with van der Waals surface area (Å²) >= 11 is 0. The van der Waals surface area contributed by atoms with Gasteiger partial charge in [-0.2, -0.15) is 0 Å². The van der Waals surface area contributed by atoms with Crippen molar-refractivity contribution < 1.29 is 0 Å². The third-order valence-electron chi connectivity index (χ3n) is 4.26. The van der Waals surface area contributed by atoms with Crippen LogP contribution in [0.3, 0.4) is 0 Å². The molecule has 1 aromatic rings. The highest BCUT2D eigenvalue weighted by molar-refractivity contribution is 7.63. The van der Waals surface area contributed by atoms with Gasteiger partial charge in [-0.25, -0.2) is 0 Å². The third kappa shape index (κ3) is 4.01. The van der Waals surface area contributed by atoms with Crippen LogP contribution in [0.4, 0.5) is 0 Å². The number of aryl methyl sites for hydroxylation is 1. The van der Waals surface area contributed by atoms with Crippen LogP contribution in [0.25, 0.3) is 5.31 Å². The second-order valence-electron chi connectivity index (χ2n) is 5.35. The van der Waals surface area contributed by atoms with Crippen LogP contribution < -0.4 is 0 Å². The van der Waals surface area contributed by atoms with Gasteiger partial charge in [0.25, 0.3) is 0 Å². The van der Waals surface area contributed by atoms with Gasteiger partial charge in [0, 0.05) is 39.9 Å². The zero-order valence-electron chi connectivity index (χ0n) is 14.5. The number of fused-ring (bicyclic) bond motifs is 1. The van der Waals surface area contributed by atoms with Gasteiger partial charge in [-0.1, -0.05) is 58.0 Å². The molecular formula is C18H29BN2P. The Morgan fingerprint density at radius 1 is 0.909 bits per heavy atom. The molecule has 0 bridgehead atoms. The van der Waals surface area contributed by atoms with Crippen LogP contribution in [-0.2, 0) is 6.42 Å². The molecule has 0 aromatic heterocycles. The van der Waals surface area contributed by atoms with Crippen molar-refractivity contribution >= 4 is 22.0 Å². The minimum Gasteiger partial charge on any atom is -0.267 e. The van der Waals surface area contributed by atoms with Crippen molar-refractivity contribution in [2.45, 2.75) is 40.5 Å². The molecule has 0 N–H and O–H groups in total. The number of nitrogens with zero attached hydrogens (tertiary/aromatic N) is 2. The second kappa shape index (κ2) is 9.50. The Morgan fingerprint density at radius 2 is 1.45 bits per heavy atom. The maximum Gasteiger partial charge on any atom is 0.0727 e. The lowest BCUT2D eigenvalue weighted by Crippen LogP contribution is -2.29. The monoisotopic (exact) mass is 315 g/mol. The quantitative estimate of drug-likeness (QED) is 0.536. The number of hydrogen-bond acceptors (Lipinski definition) is 2. The first kappa shape index (κ1) is 19.4. The standard InChI is InChI=1S/C18H29N2P.B/c1-5-19(6-2)21(20(7-3)8-4)18-15-11-13-16-12-9-10-14-17(16)18;/h9-10,12,14-15H,5-8,11,13H2,1-4H3;. The zero-order chi connectivity index (χ0) is 15.2. The average Bonchev–Trinajstić information content (AvgIpc) is 2.55. The van der Waals surface area contributed by atoms with Crippen LogP contribution in [0.1, 0.15) is 45.2 Å². The van der Waals surface area contributed by atoms with Gasteiger partial charge in [0.1, 0.15) is 0 Å². The van der Waals surface area contributed by atoms with Crippen LogP contribution >= 0.6 is 8.22 Å². The summed E-state index contributed by atoms with van der Waals surface area (Å²) < 4.78 is 5.30. The number of hydrogen-bond donors (Lipinski definition) is 0. The molecule has 0 fully saturated rings. The summed E-state index contributed by atoms with van der Waals surface area (Å²) in [7, 11) is -0.365. The molecule has 1 aromatic carbocycles. The molecule has 119 valence electrons. The molecule has 0 amide bonds. The predicted molar refractivity (Wildman–Crippen MR) is 101 cm³/mol. The summed E-state index contributed by atoms with van der Waals surface area (Å²) in [6, 6.07) is 9.00. The fraction of sp³-hybridized carbons (Fsp3) is 0.556. The van der Waals surface area contributed by atoms with Crippen molar-refractivity contribution in [1.29, 1.82) is 0 Å². The smallest absolute Gasteiger partial charge is 0.0727 e. The fourth-order valence-corrected chi connectivity index (χ4v) is 5.88. The van der Waals surface area contributed by atoms with Gasteiger partial charge in [0.05, 0.1) is 8.22 Å². The molecule has 0 unspecified atom stereocenters. The van der Waals surface area contributed by atoms with Crippen LogP contribution in [0, 0.1) is 0 Å². The molecule has 2 nitrogen and oxygen atoms in total. The normalized spacial score (nSPS) is 14.0. The Hall–Kier alpha value is -0.625. The topological polar surface area (TPSA) is 6.48 Å². The molecule has 1 aliphatic rings. The molecule has 4 heteroatoms. The molecule has 0 atom stereocenters. The molecule has 0 aliphatic heterocycles. The van der Waals surface area contributed by atoms with Crippen LogP contribution in [0.15, 0.2) is 30.3 Å². The van der Waals surface area contributed by atoms with Crippen molar-refractivity contribution in [3.8, 4) is 0 Å². The summed E-state index contributed by atoms with van der Waals surface area (Å²) in [6.07, 6.45) is 4.89. The highest BCUT2D eigenvalue weighted by Gasteiger charge is 2.28. The van der Waals surface area contributed by atoms with E-state index in [0.717, 1.165) is 26.2 Å². The average molecular weight is 315 g/mol. The third-order valence-corrected chi connectivity index (χ3v) is 7.31. The number of benzene rings is 1. The largest absolute Gasteiger partial charge is 0.267 e. The lowest BCUT2D eigenvalue weighted by molar-refractivity contribution is 0.430. The molecule has 3 radical (unpaired) electrons. The highest BCUT2D eigenvalue weighted by atomic mass is 31.1. The zero-order valence-corrected chi connectivity index (χ0v) is 15.4. The summed E-state index contributed by atoms with van der Waals surface area (Å²) in [5.41, 5.74) is 3.02. The van der Waals surface area contributed by atoms with E-state index in [2.05, 4.69) is 67.4 Å². The number of rotatable bonds is 7. The van der Waals surface area contributed by atoms with Gasteiger partial charge < -0.3 is 0 Å². The van der Waals surface area contributed by atoms with Crippen LogP contribution in [-0.4, -0.2) is 43.9 Å². The molecule has 0 saturated carbocycles. The summed E-state index contributed by atoms with van der Waals surface area (Å²) in [6.45, 7) is 13.7. The maximum absolute atomic E-state index is 2.65. The van der Waals surface area contributed by atoms with E-state index in [-0.39, 0.29) is 16.6 Å². The first-order valence-electron chi connectivity index (χ1n) is 8.34. The molecule has 0 saturated heterocycles. The summed E-state index contributed by atoms with van der Waals surface area (Å²) in [5, 5.41) is 1.58. The minimum atomic E-state index is -0.365. The molecule has 2 rings (SSSR count). The van der Waals surface area contributed by atoms with Crippen molar-refractivity contribution in [2.75, 3.05) is 26.2 Å². The van der Waals surface area contributed by atoms with E-state index in [9.17, 15) is 0 Å². The lowest BCUT2D eigenvalue weighted by atomic mass is 9.97. The van der Waals surface area contributed by atoms with E-state index in [1.165, 1.54) is 24.0 Å². The van der Waals surface area contributed by atoms with Crippen LogP contribution in [0.2, 0.25) is 0 Å². The van der Waals surface area contributed by atoms with E-state index in [0.29, 0.717) is 0 Å². The molecule has 1 aliphatic carbocycles. The van der Waals surface area contributed by atoms with Gasteiger partial charge in [0.15, 0.2) is 0 Å². The van der Waals surface area contributed by atoms with Crippen molar-refractivity contribution in [1.82, 2.24) is 9.34 Å². The van der Waals surface area contributed by atoms with Gasteiger partial charge in [-0.15, -0.1) is 0 Å². The van der Waals surface area contributed by atoms with Crippen LogP contribution in [0.5, 0.6) is 0 Å². The predicted octanol–water partition coefficient (Wildman–Crippen LogP) is 4.59. The molecule has 0 spiro atoms. The van der Waals surface area contributed by atoms with E-state index < -0.39 is 0 Å². The second-order valence-corrected chi connectivity index (χ2v) is 7.54. The fourth-order valence-electron chi connectivity index (χ4n) is 3.12. The Bertz CT molecular complexity index is 470. The van der Waals surface area contributed by atoms with E-state index in [1.807, 2.05) is 0 Å². The lowest BCUT2D eigenvalue weighted by Gasteiger charge is -2.40. The highest BCUT2D eigenvalue weighted by Crippen LogP contribution is 2.57. The van der Waals surface area contributed by atoms with Crippen molar-refractivity contribution in [2.24, 2.45) is 0 Å². The maximum atomic E-state index is 2.65. The van der Waals surface area contributed by atoms with E-state index in [4.69, 9.17) is 0 Å².